The molecule has 0 fully saturated rings. The Labute approximate surface area is 190 Å². The molecular weight excluding hydrogens is 424 g/mol. The first-order valence-electron chi connectivity index (χ1n) is 10.1. The highest BCUT2D eigenvalue weighted by Crippen LogP contribution is 2.18. The Morgan fingerprint density at radius 1 is 1.12 bits per heavy atom. The van der Waals surface area contributed by atoms with E-state index in [0.717, 1.165) is 4.90 Å². The van der Waals surface area contributed by atoms with Crippen molar-refractivity contribution >= 4 is 29.2 Å². The lowest BCUT2D eigenvalue weighted by molar-refractivity contribution is -0.138. The Hall–Kier alpha value is -4.45. The van der Waals surface area contributed by atoms with Gasteiger partial charge in [-0.1, -0.05) is 18.2 Å². The summed E-state index contributed by atoms with van der Waals surface area (Å²) >= 11 is 0. The van der Waals surface area contributed by atoms with Crippen LogP contribution in [0.2, 0.25) is 0 Å². The van der Waals surface area contributed by atoms with Crippen molar-refractivity contribution in [3.63, 3.8) is 0 Å². The molecule has 1 N–H and O–H groups in total. The number of imide groups is 1. The van der Waals surface area contributed by atoms with Crippen LogP contribution in [0.1, 0.15) is 23.7 Å². The van der Waals surface area contributed by atoms with E-state index >= 15 is 0 Å². The molecule has 9 heteroatoms. The fraction of sp³-hybridized carbons (Fsp3) is 0.208. The number of amides is 2. The van der Waals surface area contributed by atoms with Gasteiger partial charge in [-0.3, -0.25) is 19.9 Å². The molecule has 0 aliphatic carbocycles. The van der Waals surface area contributed by atoms with E-state index in [9.17, 15) is 19.6 Å². The maximum Gasteiger partial charge on any atom is 0.338 e. The van der Waals surface area contributed by atoms with Crippen molar-refractivity contribution < 1.29 is 23.9 Å². The summed E-state index contributed by atoms with van der Waals surface area (Å²) in [7, 11) is 1.35. The fourth-order valence-electron chi connectivity index (χ4n) is 2.93. The molecule has 0 saturated heterocycles. The zero-order valence-electron chi connectivity index (χ0n) is 18.2. The Morgan fingerprint density at radius 2 is 1.82 bits per heavy atom. The highest BCUT2D eigenvalue weighted by Gasteiger charge is 2.30. The van der Waals surface area contributed by atoms with Gasteiger partial charge >= 0.3 is 5.97 Å². The van der Waals surface area contributed by atoms with Crippen molar-refractivity contribution in [2.75, 3.05) is 25.7 Å². The third kappa shape index (κ3) is 5.83. The lowest BCUT2D eigenvalue weighted by Gasteiger charge is -2.13. The van der Waals surface area contributed by atoms with E-state index in [1.807, 2.05) is 36.4 Å². The molecular formula is C24H22N4O5. The predicted molar refractivity (Wildman–Crippen MR) is 120 cm³/mol. The Balaban J connectivity index is 1.60. The van der Waals surface area contributed by atoms with Gasteiger partial charge in [0.2, 0.25) is 5.91 Å². The van der Waals surface area contributed by atoms with E-state index in [1.165, 1.54) is 7.05 Å². The number of nitrogens with one attached hydrogen (secondary N) is 1. The third-order valence-electron chi connectivity index (χ3n) is 4.90. The number of para-hydroxylation sites is 1. The number of esters is 1. The lowest BCUT2D eigenvalue weighted by Crippen LogP contribution is -2.36. The van der Waals surface area contributed by atoms with Crippen molar-refractivity contribution in [3.8, 4) is 11.8 Å². The summed E-state index contributed by atoms with van der Waals surface area (Å²) in [5.41, 5.74) is 4.08. The summed E-state index contributed by atoms with van der Waals surface area (Å²) in [5, 5.41) is 13.4. The Morgan fingerprint density at radius 3 is 2.48 bits per heavy atom. The van der Waals surface area contributed by atoms with Crippen molar-refractivity contribution in [1.29, 1.82) is 5.26 Å². The largest absolute Gasteiger partial charge is 0.490 e. The molecule has 0 aromatic heterocycles. The summed E-state index contributed by atoms with van der Waals surface area (Å²) in [5.74, 6) is -0.882. The second kappa shape index (κ2) is 10.7. The van der Waals surface area contributed by atoms with Crippen molar-refractivity contribution in [2.24, 2.45) is 5.10 Å². The number of hydrogen-bond acceptors (Lipinski definition) is 8. The number of nitrogens with zero attached hydrogens (tertiary/aromatic N) is 3. The van der Waals surface area contributed by atoms with E-state index in [-0.39, 0.29) is 30.9 Å². The van der Waals surface area contributed by atoms with Crippen molar-refractivity contribution in [1.82, 2.24) is 4.90 Å². The average molecular weight is 446 g/mol. The number of hydrogen-bond donors (Lipinski definition) is 1. The first-order valence-corrected chi connectivity index (χ1v) is 10.1. The van der Waals surface area contributed by atoms with Gasteiger partial charge in [-0.05, 0) is 48.9 Å². The van der Waals surface area contributed by atoms with Crippen LogP contribution in [-0.2, 0) is 14.3 Å². The Kier molecular flexibility index (Phi) is 7.55. The molecule has 0 unspecified atom stereocenters. The molecule has 2 aromatic carbocycles. The van der Waals surface area contributed by atoms with Crippen molar-refractivity contribution in [2.45, 2.75) is 13.3 Å². The van der Waals surface area contributed by atoms with Crippen LogP contribution in [0.4, 0.5) is 5.69 Å². The van der Waals surface area contributed by atoms with Gasteiger partial charge in [-0.25, -0.2) is 4.79 Å². The summed E-state index contributed by atoms with van der Waals surface area (Å²) in [6.07, 6.45) is -0.156. The van der Waals surface area contributed by atoms with Gasteiger partial charge in [0.1, 0.15) is 19.0 Å². The van der Waals surface area contributed by atoms with E-state index in [2.05, 4.69) is 10.5 Å². The monoisotopic (exact) mass is 446 g/mol. The van der Waals surface area contributed by atoms with Gasteiger partial charge in [0, 0.05) is 12.6 Å². The molecule has 1 aliphatic rings. The number of anilines is 1. The molecule has 9 nitrogen and oxygen atoms in total. The number of benzene rings is 2. The quantitative estimate of drug-likeness (QED) is 0.300. The molecule has 1 heterocycles. The zero-order valence-corrected chi connectivity index (χ0v) is 18.2. The molecule has 2 aromatic rings. The molecule has 0 radical (unpaired) electrons. The summed E-state index contributed by atoms with van der Waals surface area (Å²) in [6, 6.07) is 17.5. The van der Waals surface area contributed by atoms with Crippen LogP contribution >= 0.6 is 0 Å². The molecule has 0 spiro atoms. The molecule has 0 bridgehead atoms. The van der Waals surface area contributed by atoms with Gasteiger partial charge in [0.25, 0.3) is 5.91 Å². The molecule has 0 saturated carbocycles. The minimum atomic E-state index is -0.604. The SMILES string of the molecule is CC1=C(C#N)CC(=O)N(C)C(=O)/C1=N\Nc1ccc(C(=O)OCCOc2ccccc2)cc1. The topological polar surface area (TPSA) is 121 Å². The standard InChI is InChI=1S/C24H22N4O5/c1-16-18(15-25)14-21(29)28(2)23(30)22(16)27-26-19-10-8-17(9-11-19)24(31)33-13-12-32-20-6-4-3-5-7-20/h3-11,26H,12-14H2,1-2H3/b27-22-. The zero-order chi connectivity index (χ0) is 23.8. The van der Waals surface area contributed by atoms with Crippen LogP contribution in [0.25, 0.3) is 0 Å². The van der Waals surface area contributed by atoms with Crippen LogP contribution in [0.5, 0.6) is 5.75 Å². The normalized spacial score (nSPS) is 15.2. The number of carbonyl (C=O) groups excluding carboxylic acids is 3. The maximum absolute atomic E-state index is 12.5. The van der Waals surface area contributed by atoms with Gasteiger partial charge in [0.15, 0.2) is 5.71 Å². The number of hydrazone groups is 1. The Bertz CT molecular complexity index is 1150. The summed E-state index contributed by atoms with van der Waals surface area (Å²) < 4.78 is 10.7. The van der Waals surface area contributed by atoms with E-state index in [4.69, 9.17) is 9.47 Å². The minimum absolute atomic E-state index is 0.0261. The number of carbonyl (C=O) groups is 3. The summed E-state index contributed by atoms with van der Waals surface area (Å²) in [4.78, 5) is 37.7. The highest BCUT2D eigenvalue weighted by atomic mass is 16.6. The van der Waals surface area contributed by atoms with E-state index < -0.39 is 17.8 Å². The third-order valence-corrected chi connectivity index (χ3v) is 4.90. The van der Waals surface area contributed by atoms with E-state index in [1.54, 1.807) is 31.2 Å². The second-order valence-corrected chi connectivity index (χ2v) is 7.10. The molecule has 33 heavy (non-hydrogen) atoms. The van der Waals surface area contributed by atoms with E-state index in [0.29, 0.717) is 22.6 Å². The van der Waals surface area contributed by atoms with Crippen LogP contribution in [0.3, 0.4) is 0 Å². The highest BCUT2D eigenvalue weighted by molar-refractivity contribution is 6.47. The van der Waals surface area contributed by atoms with Gasteiger partial charge in [-0.2, -0.15) is 10.4 Å². The first-order chi connectivity index (χ1) is 15.9. The van der Waals surface area contributed by atoms with Crippen LogP contribution in [0, 0.1) is 11.3 Å². The average Bonchev–Trinajstić information content (AvgIpc) is 2.91. The smallest absolute Gasteiger partial charge is 0.338 e. The molecule has 2 amide bonds. The minimum Gasteiger partial charge on any atom is -0.490 e. The molecule has 0 atom stereocenters. The molecule has 3 rings (SSSR count). The van der Waals surface area contributed by atoms with Gasteiger partial charge in [-0.15, -0.1) is 0 Å². The molecule has 168 valence electrons. The van der Waals surface area contributed by atoms with Crippen molar-refractivity contribution in [3.05, 3.63) is 71.3 Å². The maximum atomic E-state index is 12.5. The van der Waals surface area contributed by atoms with Crippen LogP contribution in [0.15, 0.2) is 70.8 Å². The summed E-state index contributed by atoms with van der Waals surface area (Å²) in [6.45, 7) is 1.90. The second-order valence-electron chi connectivity index (χ2n) is 7.10. The molecule has 1 aliphatic heterocycles. The number of nitriles is 1. The predicted octanol–water partition coefficient (Wildman–Crippen LogP) is 2.92. The first kappa shape index (κ1) is 23.2. The van der Waals surface area contributed by atoms with Crippen LogP contribution in [-0.4, -0.2) is 48.7 Å². The number of ether oxygens (including phenoxy) is 2. The van der Waals surface area contributed by atoms with Crippen LogP contribution < -0.4 is 10.2 Å². The lowest BCUT2D eigenvalue weighted by atomic mass is 10.0. The fourth-order valence-corrected chi connectivity index (χ4v) is 2.93. The number of rotatable bonds is 7. The van der Waals surface area contributed by atoms with Gasteiger partial charge in [0.05, 0.1) is 23.7 Å². The van der Waals surface area contributed by atoms with Gasteiger partial charge < -0.3 is 9.47 Å².